The van der Waals surface area contributed by atoms with Gasteiger partial charge < -0.3 is 0 Å². The van der Waals surface area contributed by atoms with Gasteiger partial charge in [-0.1, -0.05) is 19.1 Å². The molecule has 67 valence electrons. The lowest BCUT2D eigenvalue weighted by Gasteiger charge is -2.07. The van der Waals surface area contributed by atoms with Crippen molar-refractivity contribution in [2.24, 2.45) is 0 Å². The van der Waals surface area contributed by atoms with E-state index < -0.39 is 6.67 Å². The van der Waals surface area contributed by atoms with Gasteiger partial charge in [0.25, 0.3) is 0 Å². The van der Waals surface area contributed by atoms with Crippen molar-refractivity contribution in [3.05, 3.63) is 40.8 Å². The Morgan fingerprint density at radius 2 is 2.23 bits per heavy atom. The van der Waals surface area contributed by atoms with Crippen LogP contribution in [0.5, 0.6) is 0 Å². The van der Waals surface area contributed by atoms with Crippen LogP contribution in [0.3, 0.4) is 0 Å². The molecule has 0 aliphatic rings. The molecule has 0 saturated heterocycles. The largest absolute Gasteiger partial charge is 0.250 e. The molecule has 0 fully saturated rings. The monoisotopic (exact) mass is 176 g/mol. The van der Waals surface area contributed by atoms with Crippen molar-refractivity contribution in [3.63, 3.8) is 0 Å². The summed E-state index contributed by atoms with van der Waals surface area (Å²) in [6, 6.07) is 7.48. The molecule has 13 heavy (non-hydrogen) atoms. The van der Waals surface area contributed by atoms with Gasteiger partial charge in [-0.25, -0.2) is 0 Å². The number of halogens is 1. The van der Waals surface area contributed by atoms with E-state index in [-0.39, 0.29) is 0 Å². The number of aryl methyl sites for hydroxylation is 1. The van der Waals surface area contributed by atoms with Crippen LogP contribution >= 0.6 is 0 Å². The number of benzene rings is 1. The fourth-order valence-corrected chi connectivity index (χ4v) is 1.09. The molecule has 0 aromatic heterocycles. The van der Waals surface area contributed by atoms with E-state index in [2.05, 4.69) is 6.07 Å². The number of rotatable bonds is 2. The molecule has 0 heterocycles. The molecule has 2 heteroatoms. The van der Waals surface area contributed by atoms with Crippen LogP contribution in [0.4, 0.5) is 4.39 Å². The van der Waals surface area contributed by atoms with E-state index in [4.69, 9.17) is 5.26 Å². The van der Waals surface area contributed by atoms with Gasteiger partial charge in [-0.3, -0.25) is 4.39 Å². The average molecular weight is 176 g/mol. The first-order valence-corrected chi connectivity index (χ1v) is 4.08. The number of hydrogen-bond donors (Lipinski definition) is 0. The molecule has 1 radical (unpaired) electrons. The highest BCUT2D eigenvalue weighted by atomic mass is 19.1. The van der Waals surface area contributed by atoms with Crippen LogP contribution in [0.15, 0.2) is 18.2 Å². The van der Waals surface area contributed by atoms with E-state index in [1.165, 1.54) is 0 Å². The second-order valence-electron chi connectivity index (χ2n) is 3.06. The van der Waals surface area contributed by atoms with Crippen LogP contribution in [-0.4, -0.2) is 6.67 Å². The minimum Gasteiger partial charge on any atom is -0.250 e. The molecule has 0 aliphatic carbocycles. The van der Waals surface area contributed by atoms with Gasteiger partial charge in [-0.05, 0) is 24.1 Å². The molecule has 0 unspecified atom stereocenters. The zero-order valence-corrected chi connectivity index (χ0v) is 7.76. The summed E-state index contributed by atoms with van der Waals surface area (Å²) in [6.07, 6.45) is 0. The fourth-order valence-electron chi connectivity index (χ4n) is 1.09. The second-order valence-corrected chi connectivity index (χ2v) is 3.06. The van der Waals surface area contributed by atoms with Crippen LogP contribution in [0.25, 0.3) is 0 Å². The third-order valence-electron chi connectivity index (χ3n) is 2.05. The normalized spacial score (nSPS) is 10.1. The molecule has 0 amide bonds. The maximum atomic E-state index is 12.3. The minimum atomic E-state index is -0.464. The summed E-state index contributed by atoms with van der Waals surface area (Å²) in [5, 5.41) is 8.74. The lowest BCUT2D eigenvalue weighted by Crippen LogP contribution is -1.97. The van der Waals surface area contributed by atoms with Crippen molar-refractivity contribution in [3.8, 4) is 6.07 Å². The lowest BCUT2D eigenvalue weighted by molar-refractivity contribution is 0.516. The van der Waals surface area contributed by atoms with Gasteiger partial charge in [0.05, 0.1) is 18.3 Å². The van der Waals surface area contributed by atoms with Crippen LogP contribution in [-0.2, 0) is 0 Å². The molecular weight excluding hydrogens is 165 g/mol. The predicted octanol–water partition coefficient (Wildman–Crippen LogP) is 2.78. The molecule has 1 aromatic rings. The maximum Gasteiger partial charge on any atom is 0.0997 e. The Kier molecular flexibility index (Phi) is 3.02. The Morgan fingerprint density at radius 3 is 2.77 bits per heavy atom. The van der Waals surface area contributed by atoms with E-state index in [0.29, 0.717) is 11.5 Å². The maximum absolute atomic E-state index is 12.3. The molecule has 1 aromatic carbocycles. The van der Waals surface area contributed by atoms with Crippen LogP contribution in [0.2, 0.25) is 0 Å². The SMILES string of the molecule is C[C](CF)c1ccc(C)c(C#N)c1. The van der Waals surface area contributed by atoms with E-state index in [9.17, 15) is 4.39 Å². The molecule has 1 nitrogen and oxygen atoms in total. The Hall–Kier alpha value is -1.36. The zero-order valence-electron chi connectivity index (χ0n) is 7.76. The van der Waals surface area contributed by atoms with Crippen molar-refractivity contribution < 1.29 is 4.39 Å². The summed E-state index contributed by atoms with van der Waals surface area (Å²) >= 11 is 0. The first-order chi connectivity index (χ1) is 6.19. The molecule has 0 saturated carbocycles. The van der Waals surface area contributed by atoms with E-state index in [0.717, 1.165) is 11.1 Å². The standard InChI is InChI=1S/C11H11FN/c1-8-3-4-10(9(2)6-12)5-11(8)7-13/h3-5H,6H2,1-2H3. The molecule has 0 N–H and O–H groups in total. The highest BCUT2D eigenvalue weighted by molar-refractivity contribution is 5.43. The molecular formula is C11H11FN. The molecule has 0 spiro atoms. The fraction of sp³-hybridized carbons (Fsp3) is 0.273. The molecule has 0 atom stereocenters. The number of nitriles is 1. The minimum absolute atomic E-state index is 0.464. The molecule has 0 aliphatic heterocycles. The van der Waals surface area contributed by atoms with Crippen LogP contribution in [0, 0.1) is 24.2 Å². The Labute approximate surface area is 77.8 Å². The van der Waals surface area contributed by atoms with Gasteiger partial charge in [-0.2, -0.15) is 5.26 Å². The summed E-state index contributed by atoms with van der Waals surface area (Å²) in [5.74, 6) is 0.663. The van der Waals surface area contributed by atoms with Crippen LogP contribution < -0.4 is 0 Å². The van der Waals surface area contributed by atoms with Gasteiger partial charge in [0, 0.05) is 5.92 Å². The van der Waals surface area contributed by atoms with Crippen molar-refractivity contribution in [1.29, 1.82) is 5.26 Å². The Balaban J connectivity index is 3.08. The predicted molar refractivity (Wildman–Crippen MR) is 49.9 cm³/mol. The molecule has 1 rings (SSSR count). The summed E-state index contributed by atoms with van der Waals surface area (Å²) in [4.78, 5) is 0. The lowest BCUT2D eigenvalue weighted by atomic mass is 9.98. The van der Waals surface area contributed by atoms with Crippen molar-refractivity contribution in [2.75, 3.05) is 6.67 Å². The third kappa shape index (κ3) is 2.06. The van der Waals surface area contributed by atoms with Gasteiger partial charge in [0.1, 0.15) is 0 Å². The Morgan fingerprint density at radius 1 is 1.54 bits per heavy atom. The first-order valence-electron chi connectivity index (χ1n) is 4.08. The summed E-state index contributed by atoms with van der Waals surface area (Å²) in [7, 11) is 0. The number of hydrogen-bond acceptors (Lipinski definition) is 1. The summed E-state index contributed by atoms with van der Waals surface area (Å²) in [5.41, 5.74) is 2.35. The third-order valence-corrected chi connectivity index (χ3v) is 2.05. The smallest absolute Gasteiger partial charge is 0.0997 e. The number of alkyl halides is 1. The zero-order chi connectivity index (χ0) is 9.84. The van der Waals surface area contributed by atoms with Crippen molar-refractivity contribution >= 4 is 0 Å². The summed E-state index contributed by atoms with van der Waals surface area (Å²) in [6.45, 7) is 3.13. The highest BCUT2D eigenvalue weighted by Gasteiger charge is 2.07. The van der Waals surface area contributed by atoms with E-state index in [1.54, 1.807) is 13.0 Å². The van der Waals surface area contributed by atoms with E-state index in [1.807, 2.05) is 19.1 Å². The Bertz CT molecular complexity index is 338. The number of nitrogens with zero attached hydrogens (tertiary/aromatic N) is 1. The van der Waals surface area contributed by atoms with Gasteiger partial charge in [-0.15, -0.1) is 0 Å². The van der Waals surface area contributed by atoms with E-state index >= 15 is 0 Å². The molecule has 0 bridgehead atoms. The van der Waals surface area contributed by atoms with Gasteiger partial charge in [0.15, 0.2) is 0 Å². The van der Waals surface area contributed by atoms with Gasteiger partial charge >= 0.3 is 0 Å². The average Bonchev–Trinajstić information content (AvgIpc) is 2.17. The quantitative estimate of drug-likeness (QED) is 0.679. The van der Waals surface area contributed by atoms with Gasteiger partial charge in [0.2, 0.25) is 0 Å². The first kappa shape index (κ1) is 9.73. The second kappa shape index (κ2) is 4.04. The van der Waals surface area contributed by atoms with Crippen molar-refractivity contribution in [1.82, 2.24) is 0 Å². The topological polar surface area (TPSA) is 23.8 Å². The summed E-state index contributed by atoms with van der Waals surface area (Å²) < 4.78 is 12.3. The van der Waals surface area contributed by atoms with Crippen LogP contribution in [0.1, 0.15) is 23.6 Å². The highest BCUT2D eigenvalue weighted by Crippen LogP contribution is 2.18. The van der Waals surface area contributed by atoms with Crippen molar-refractivity contribution in [2.45, 2.75) is 13.8 Å².